The van der Waals surface area contributed by atoms with Gasteiger partial charge < -0.3 is 5.73 Å². The second-order valence-electron chi connectivity index (χ2n) is 4.14. The molecule has 2 N–H and O–H groups in total. The van der Waals surface area contributed by atoms with Crippen LogP contribution in [0.15, 0.2) is 12.2 Å². The molecule has 1 heteroatoms. The Morgan fingerprint density at radius 3 is 2.45 bits per heavy atom. The second-order valence-corrected chi connectivity index (χ2v) is 4.14. The quantitative estimate of drug-likeness (QED) is 0.527. The van der Waals surface area contributed by atoms with Crippen LogP contribution in [0.2, 0.25) is 0 Å². The predicted octanol–water partition coefficient (Wildman–Crippen LogP) is 2.08. The number of fused-ring (bicyclic) bond motifs is 4. The Kier molecular flexibility index (Phi) is 1.76. The minimum Gasteiger partial charge on any atom is -0.327 e. The lowest BCUT2D eigenvalue weighted by Gasteiger charge is -2.25. The van der Waals surface area contributed by atoms with Crippen LogP contribution in [0, 0.1) is 11.8 Å². The molecule has 0 aromatic heterocycles. The maximum absolute atomic E-state index is 6.05. The van der Waals surface area contributed by atoms with Crippen molar-refractivity contribution in [3.05, 3.63) is 12.2 Å². The molecule has 3 fully saturated rings. The highest BCUT2D eigenvalue weighted by molar-refractivity contribution is 5.09. The molecule has 0 unspecified atom stereocenters. The van der Waals surface area contributed by atoms with Crippen LogP contribution < -0.4 is 5.73 Å². The van der Waals surface area contributed by atoms with Crippen molar-refractivity contribution < 1.29 is 0 Å². The Balaban J connectivity index is 2.18. The first-order chi connectivity index (χ1) is 5.27. The molecule has 3 aliphatic rings. The summed E-state index contributed by atoms with van der Waals surface area (Å²) in [4.78, 5) is 0. The van der Waals surface area contributed by atoms with E-state index < -0.39 is 0 Å². The third-order valence-electron chi connectivity index (χ3n) is 3.45. The third-order valence-corrected chi connectivity index (χ3v) is 3.45. The minimum absolute atomic E-state index is 0.426. The Morgan fingerprint density at radius 2 is 1.82 bits per heavy atom. The molecular weight excluding hydrogens is 134 g/mol. The average molecular weight is 151 g/mol. The molecule has 0 spiro atoms. The van der Waals surface area contributed by atoms with E-state index in [-0.39, 0.29) is 0 Å². The van der Waals surface area contributed by atoms with Gasteiger partial charge in [-0.1, -0.05) is 12.2 Å². The maximum Gasteiger partial charge on any atom is 0.0105 e. The lowest BCUT2D eigenvalue weighted by atomic mass is 9.82. The summed E-state index contributed by atoms with van der Waals surface area (Å²) in [6, 6.07) is 0.426. The van der Waals surface area contributed by atoms with E-state index in [9.17, 15) is 0 Å². The molecule has 3 aliphatic carbocycles. The summed E-state index contributed by atoms with van der Waals surface area (Å²) in [5.74, 6) is 1.63. The van der Waals surface area contributed by atoms with Gasteiger partial charge in [-0.15, -0.1) is 0 Å². The maximum atomic E-state index is 6.05. The van der Waals surface area contributed by atoms with Gasteiger partial charge in [-0.3, -0.25) is 0 Å². The van der Waals surface area contributed by atoms with Gasteiger partial charge in [-0.05, 0) is 43.9 Å². The van der Waals surface area contributed by atoms with Crippen LogP contribution in [0.4, 0.5) is 0 Å². The molecule has 62 valence electrons. The van der Waals surface area contributed by atoms with E-state index in [1.54, 1.807) is 0 Å². The van der Waals surface area contributed by atoms with Crippen LogP contribution in [0.5, 0.6) is 0 Å². The average Bonchev–Trinajstić information content (AvgIpc) is 2.22. The van der Waals surface area contributed by atoms with Gasteiger partial charge in [-0.25, -0.2) is 0 Å². The van der Waals surface area contributed by atoms with Crippen molar-refractivity contribution in [2.45, 2.75) is 38.1 Å². The molecule has 1 atom stereocenters. The van der Waals surface area contributed by atoms with Crippen molar-refractivity contribution in [1.82, 2.24) is 0 Å². The normalized spacial score (nSPS) is 44.1. The molecule has 3 saturated carbocycles. The summed E-state index contributed by atoms with van der Waals surface area (Å²) in [6.07, 6.45) is 6.51. The molecule has 3 rings (SSSR count). The molecule has 1 nitrogen and oxygen atoms in total. The van der Waals surface area contributed by atoms with Crippen molar-refractivity contribution >= 4 is 0 Å². The van der Waals surface area contributed by atoms with E-state index in [4.69, 9.17) is 5.73 Å². The smallest absolute Gasteiger partial charge is 0.0105 e. The first-order valence-corrected chi connectivity index (χ1v) is 4.70. The van der Waals surface area contributed by atoms with Gasteiger partial charge in [0.2, 0.25) is 0 Å². The Labute approximate surface area is 68.7 Å². The van der Waals surface area contributed by atoms with Gasteiger partial charge in [0.15, 0.2) is 0 Å². The van der Waals surface area contributed by atoms with E-state index in [1.165, 1.54) is 31.3 Å². The second kappa shape index (κ2) is 2.63. The van der Waals surface area contributed by atoms with Gasteiger partial charge in [-0.2, -0.15) is 0 Å². The summed E-state index contributed by atoms with van der Waals surface area (Å²) in [6.45, 7) is 4.12. The van der Waals surface area contributed by atoms with Crippen molar-refractivity contribution in [1.29, 1.82) is 0 Å². The van der Waals surface area contributed by atoms with E-state index >= 15 is 0 Å². The first-order valence-electron chi connectivity index (χ1n) is 4.70. The van der Waals surface area contributed by atoms with Gasteiger partial charge in [0.25, 0.3) is 0 Å². The lowest BCUT2D eigenvalue weighted by molar-refractivity contribution is 0.302. The van der Waals surface area contributed by atoms with Crippen LogP contribution in [0.3, 0.4) is 0 Å². The molecule has 0 amide bonds. The topological polar surface area (TPSA) is 26.0 Å². The summed E-state index contributed by atoms with van der Waals surface area (Å²) in [7, 11) is 0. The number of hydrogen-bond donors (Lipinski definition) is 1. The summed E-state index contributed by atoms with van der Waals surface area (Å²) in [5, 5.41) is 0. The Bertz CT molecular complexity index is 166. The third kappa shape index (κ3) is 1.22. The predicted molar refractivity (Wildman–Crippen MR) is 47.2 cm³/mol. The van der Waals surface area contributed by atoms with Crippen LogP contribution in [-0.4, -0.2) is 6.04 Å². The van der Waals surface area contributed by atoms with E-state index in [2.05, 4.69) is 6.58 Å². The van der Waals surface area contributed by atoms with Crippen LogP contribution in [-0.2, 0) is 0 Å². The van der Waals surface area contributed by atoms with E-state index in [0.717, 1.165) is 18.3 Å². The highest BCUT2D eigenvalue weighted by atomic mass is 14.7. The van der Waals surface area contributed by atoms with Crippen molar-refractivity contribution in [3.63, 3.8) is 0 Å². The molecule has 0 saturated heterocycles. The minimum atomic E-state index is 0.426. The molecule has 0 aliphatic heterocycles. The van der Waals surface area contributed by atoms with Crippen LogP contribution in [0.25, 0.3) is 0 Å². The summed E-state index contributed by atoms with van der Waals surface area (Å²) < 4.78 is 0. The van der Waals surface area contributed by atoms with Crippen molar-refractivity contribution in [2.75, 3.05) is 0 Å². The molecule has 0 heterocycles. The van der Waals surface area contributed by atoms with Gasteiger partial charge in [0, 0.05) is 6.04 Å². The zero-order valence-corrected chi connectivity index (χ0v) is 7.05. The molecule has 2 bridgehead atoms. The van der Waals surface area contributed by atoms with Gasteiger partial charge in [0.05, 0.1) is 0 Å². The van der Waals surface area contributed by atoms with Crippen LogP contribution >= 0.6 is 0 Å². The molecule has 0 radical (unpaired) electrons. The highest BCUT2D eigenvalue weighted by Crippen LogP contribution is 2.40. The largest absolute Gasteiger partial charge is 0.327 e. The zero-order chi connectivity index (χ0) is 7.84. The fourth-order valence-corrected chi connectivity index (χ4v) is 2.59. The monoisotopic (exact) mass is 151 g/mol. The van der Waals surface area contributed by atoms with Crippen LogP contribution in [0.1, 0.15) is 32.1 Å². The molecule has 11 heavy (non-hydrogen) atoms. The molecule has 0 aromatic rings. The summed E-state index contributed by atoms with van der Waals surface area (Å²) >= 11 is 0. The number of rotatable bonds is 0. The zero-order valence-electron chi connectivity index (χ0n) is 7.05. The van der Waals surface area contributed by atoms with Gasteiger partial charge >= 0.3 is 0 Å². The standard InChI is InChI=1S/C10H17N/c1-7-6-10(11)9-4-2-8(7)3-5-9/h8-10H,1-6,11H2/t8?,9?,10-/m0/s1. The lowest BCUT2D eigenvalue weighted by Crippen LogP contribution is -2.28. The van der Waals surface area contributed by atoms with Crippen molar-refractivity contribution in [3.8, 4) is 0 Å². The molecular formula is C10H17N. The van der Waals surface area contributed by atoms with Gasteiger partial charge in [0.1, 0.15) is 0 Å². The molecule has 0 aromatic carbocycles. The van der Waals surface area contributed by atoms with Crippen molar-refractivity contribution in [2.24, 2.45) is 17.6 Å². The number of nitrogens with two attached hydrogens (primary N) is 1. The number of hydrogen-bond acceptors (Lipinski definition) is 1. The van der Waals surface area contributed by atoms with E-state index in [0.29, 0.717) is 6.04 Å². The Hall–Kier alpha value is -0.300. The SMILES string of the molecule is C=C1C[C@H](N)C2CCC1CC2. The van der Waals surface area contributed by atoms with E-state index in [1.807, 2.05) is 0 Å². The summed E-state index contributed by atoms with van der Waals surface area (Å²) in [5.41, 5.74) is 7.47. The Morgan fingerprint density at radius 1 is 1.18 bits per heavy atom. The highest BCUT2D eigenvalue weighted by Gasteiger charge is 2.31. The fourth-order valence-electron chi connectivity index (χ4n) is 2.59. The first kappa shape index (κ1) is 7.35. The fraction of sp³-hybridized carbons (Fsp3) is 0.800.